The van der Waals surface area contributed by atoms with E-state index in [0.717, 1.165) is 4.31 Å². The molecule has 9 heteroatoms. The number of hydrogen-bond acceptors (Lipinski definition) is 5. The number of hydrogen-bond donors (Lipinski definition) is 2. The fraction of sp³-hybridized carbons (Fsp3) is 0.500. The van der Waals surface area contributed by atoms with Crippen LogP contribution in [0.2, 0.25) is 18.1 Å². The Hall–Kier alpha value is -1.52. The molecule has 1 heterocycles. The SMILES string of the molecule is C=CC[Si](CC=C)(CC=C)c1ncc(C(O)CCCO)n1S(=O)(=O)N(C)C. The Morgan fingerprint density at radius 2 is 1.74 bits per heavy atom. The first-order valence-electron chi connectivity index (χ1n) is 8.84. The number of nitrogens with zero attached hydrogens (tertiary/aromatic N) is 3. The van der Waals surface area contributed by atoms with Crippen LogP contribution in [0, 0.1) is 0 Å². The molecule has 0 saturated heterocycles. The number of imidazole rings is 1. The Morgan fingerprint density at radius 1 is 1.22 bits per heavy atom. The summed E-state index contributed by atoms with van der Waals surface area (Å²) in [4.78, 5) is 4.48. The highest BCUT2D eigenvalue weighted by atomic mass is 32.2. The molecule has 0 saturated carbocycles. The fourth-order valence-electron chi connectivity index (χ4n) is 3.12. The van der Waals surface area contributed by atoms with Gasteiger partial charge in [-0.3, -0.25) is 0 Å². The lowest BCUT2D eigenvalue weighted by Gasteiger charge is -2.30. The number of aromatic nitrogens is 2. The summed E-state index contributed by atoms with van der Waals surface area (Å²) >= 11 is 0. The van der Waals surface area contributed by atoms with Crippen LogP contribution in [-0.4, -0.2) is 60.7 Å². The Bertz CT molecular complexity index is 732. The standard InChI is InChI=1S/C18H31N3O4SSi/c1-6-12-27(13-7-2,14-8-3)18-19-15-16(17(23)10-9-11-22)21(18)26(24,25)20(4)5/h6-8,15,17,22-23H,1-3,9-14H2,4-5H3. The predicted molar refractivity (Wildman–Crippen MR) is 112 cm³/mol. The van der Waals surface area contributed by atoms with E-state index in [4.69, 9.17) is 5.11 Å². The first-order chi connectivity index (χ1) is 12.7. The third-order valence-electron chi connectivity index (χ3n) is 4.49. The molecule has 0 aliphatic rings. The summed E-state index contributed by atoms with van der Waals surface area (Å²) in [6, 6.07) is 1.82. The van der Waals surface area contributed by atoms with Crippen LogP contribution in [0.5, 0.6) is 0 Å². The van der Waals surface area contributed by atoms with E-state index < -0.39 is 24.4 Å². The van der Waals surface area contributed by atoms with Gasteiger partial charge in [0.25, 0.3) is 0 Å². The summed E-state index contributed by atoms with van der Waals surface area (Å²) in [7, 11) is -3.51. The molecule has 1 unspecified atom stereocenters. The second-order valence-electron chi connectivity index (χ2n) is 6.70. The Balaban J connectivity index is 3.75. The molecule has 1 rings (SSSR count). The van der Waals surface area contributed by atoms with Gasteiger partial charge in [-0.2, -0.15) is 12.7 Å². The molecule has 0 amide bonds. The van der Waals surface area contributed by atoms with Crippen LogP contribution >= 0.6 is 0 Å². The van der Waals surface area contributed by atoms with Gasteiger partial charge in [0, 0.05) is 20.7 Å². The normalized spacial score (nSPS) is 13.5. The van der Waals surface area contributed by atoms with Crippen molar-refractivity contribution in [3.05, 3.63) is 49.9 Å². The highest BCUT2D eigenvalue weighted by molar-refractivity contribution is 7.87. The highest BCUT2D eigenvalue weighted by Gasteiger charge is 2.41. The van der Waals surface area contributed by atoms with Crippen LogP contribution in [0.4, 0.5) is 0 Å². The van der Waals surface area contributed by atoms with E-state index in [-0.39, 0.29) is 18.7 Å². The molecule has 0 aliphatic heterocycles. The molecule has 1 aromatic heterocycles. The zero-order valence-corrected chi connectivity index (χ0v) is 18.0. The second-order valence-corrected chi connectivity index (χ2v) is 12.9. The van der Waals surface area contributed by atoms with Crippen LogP contribution in [0.3, 0.4) is 0 Å². The molecule has 1 aromatic rings. The maximum atomic E-state index is 13.1. The van der Waals surface area contributed by atoms with E-state index in [9.17, 15) is 13.5 Å². The summed E-state index contributed by atoms with van der Waals surface area (Å²) in [5.74, 6) is 0. The Kier molecular flexibility index (Phi) is 8.83. The molecule has 152 valence electrons. The van der Waals surface area contributed by atoms with Crippen molar-refractivity contribution in [2.24, 2.45) is 0 Å². The summed E-state index contributed by atoms with van der Waals surface area (Å²) < 4.78 is 28.5. The largest absolute Gasteiger partial charge is 0.396 e. The topological polar surface area (TPSA) is 95.7 Å². The Labute approximate surface area is 163 Å². The van der Waals surface area contributed by atoms with Crippen molar-refractivity contribution >= 4 is 23.7 Å². The monoisotopic (exact) mass is 413 g/mol. The van der Waals surface area contributed by atoms with E-state index in [1.807, 2.05) is 0 Å². The molecule has 7 nitrogen and oxygen atoms in total. The predicted octanol–water partition coefficient (Wildman–Crippen LogP) is 1.56. The van der Waals surface area contributed by atoms with E-state index in [2.05, 4.69) is 24.7 Å². The van der Waals surface area contributed by atoms with Gasteiger partial charge in [0.1, 0.15) is 13.5 Å². The maximum Gasteiger partial charge on any atom is 0.308 e. The minimum atomic E-state index is -3.91. The van der Waals surface area contributed by atoms with Crippen LogP contribution in [0.15, 0.2) is 44.2 Å². The van der Waals surface area contributed by atoms with Crippen molar-refractivity contribution in [1.82, 2.24) is 13.3 Å². The van der Waals surface area contributed by atoms with Gasteiger partial charge >= 0.3 is 10.2 Å². The molecule has 0 fully saturated rings. The van der Waals surface area contributed by atoms with Crippen molar-refractivity contribution in [3.8, 4) is 0 Å². The molecule has 2 N–H and O–H groups in total. The average molecular weight is 414 g/mol. The smallest absolute Gasteiger partial charge is 0.308 e. The van der Waals surface area contributed by atoms with Gasteiger partial charge in [0.05, 0.1) is 18.0 Å². The van der Waals surface area contributed by atoms with Gasteiger partial charge < -0.3 is 10.2 Å². The first-order valence-corrected chi connectivity index (χ1v) is 12.9. The molecule has 0 bridgehead atoms. The molecular formula is C18H31N3O4SSi. The fourth-order valence-corrected chi connectivity index (χ4v) is 8.68. The summed E-state index contributed by atoms with van der Waals surface area (Å²) in [5.41, 5.74) is 0.662. The summed E-state index contributed by atoms with van der Waals surface area (Å²) in [6.45, 7) is 11.4. The quantitative estimate of drug-likeness (QED) is 0.378. The van der Waals surface area contributed by atoms with Crippen molar-refractivity contribution < 1.29 is 18.6 Å². The van der Waals surface area contributed by atoms with Gasteiger partial charge in [-0.25, -0.2) is 8.96 Å². The van der Waals surface area contributed by atoms with E-state index in [1.165, 1.54) is 24.3 Å². The highest BCUT2D eigenvalue weighted by Crippen LogP contribution is 2.27. The van der Waals surface area contributed by atoms with Gasteiger partial charge in [-0.1, -0.05) is 18.2 Å². The number of aliphatic hydroxyl groups excluding tert-OH is 2. The zero-order valence-electron chi connectivity index (χ0n) is 16.2. The molecule has 1 atom stereocenters. The van der Waals surface area contributed by atoms with Gasteiger partial charge in [-0.05, 0) is 31.0 Å². The van der Waals surface area contributed by atoms with Crippen molar-refractivity contribution in [1.29, 1.82) is 0 Å². The van der Waals surface area contributed by atoms with E-state index in [0.29, 0.717) is 30.0 Å². The van der Waals surface area contributed by atoms with Gasteiger partial charge in [-0.15, -0.1) is 19.7 Å². The molecule has 27 heavy (non-hydrogen) atoms. The van der Waals surface area contributed by atoms with Gasteiger partial charge in [0.15, 0.2) is 0 Å². The van der Waals surface area contributed by atoms with Crippen molar-refractivity contribution in [2.45, 2.75) is 37.1 Å². The molecule has 0 aliphatic carbocycles. The first kappa shape index (κ1) is 23.5. The van der Waals surface area contributed by atoms with Gasteiger partial charge in [0.2, 0.25) is 0 Å². The van der Waals surface area contributed by atoms with Crippen molar-refractivity contribution in [3.63, 3.8) is 0 Å². The van der Waals surface area contributed by atoms with Crippen LogP contribution in [-0.2, 0) is 10.2 Å². The van der Waals surface area contributed by atoms with Crippen LogP contribution in [0.25, 0.3) is 0 Å². The molecule has 0 radical (unpaired) electrons. The zero-order chi connectivity index (χ0) is 20.7. The Morgan fingerprint density at radius 3 is 2.15 bits per heavy atom. The molecule has 0 spiro atoms. The minimum Gasteiger partial charge on any atom is -0.396 e. The summed E-state index contributed by atoms with van der Waals surface area (Å²) in [6.07, 6.45) is 6.32. The minimum absolute atomic E-state index is 0.0828. The third-order valence-corrected chi connectivity index (χ3v) is 10.9. The average Bonchev–Trinajstić information content (AvgIpc) is 3.06. The molecular weight excluding hydrogens is 382 g/mol. The number of rotatable bonds is 13. The van der Waals surface area contributed by atoms with E-state index >= 15 is 0 Å². The second kappa shape index (κ2) is 10.1. The van der Waals surface area contributed by atoms with E-state index in [1.54, 1.807) is 18.2 Å². The lowest BCUT2D eigenvalue weighted by atomic mass is 10.1. The lowest BCUT2D eigenvalue weighted by Crippen LogP contribution is -2.54. The molecule has 0 aromatic carbocycles. The number of aliphatic hydroxyl groups is 2. The lowest BCUT2D eigenvalue weighted by molar-refractivity contribution is 0.147. The van der Waals surface area contributed by atoms with Crippen LogP contribution < -0.4 is 5.45 Å². The van der Waals surface area contributed by atoms with Crippen LogP contribution in [0.1, 0.15) is 24.6 Å². The number of allylic oxidation sites excluding steroid dienone is 3. The van der Waals surface area contributed by atoms with Crippen molar-refractivity contribution in [2.75, 3.05) is 20.7 Å². The summed E-state index contributed by atoms with van der Waals surface area (Å²) in [5, 5.41) is 19.6. The third kappa shape index (κ3) is 5.05. The maximum absolute atomic E-state index is 13.1.